The first kappa shape index (κ1) is 50.8. The molecule has 282 valence electrons. The first-order valence-corrected chi connectivity index (χ1v) is 17.9. The van der Waals surface area contributed by atoms with Crippen molar-refractivity contribution in [1.82, 2.24) is 24.9 Å². The summed E-state index contributed by atoms with van der Waals surface area (Å²) in [6.45, 7) is 0. The summed E-state index contributed by atoms with van der Waals surface area (Å²) < 4.78 is 104. The van der Waals surface area contributed by atoms with Crippen molar-refractivity contribution in [1.29, 1.82) is 0 Å². The number of nitrogen functional groups attached to an aromatic ring is 2. The van der Waals surface area contributed by atoms with Gasteiger partial charge in [-0.1, -0.05) is 0 Å². The summed E-state index contributed by atoms with van der Waals surface area (Å²) in [5, 5.41) is 33.9. The Labute approximate surface area is 399 Å². The molecule has 0 amide bonds. The van der Waals surface area contributed by atoms with Crippen LogP contribution in [0.15, 0.2) is 83.7 Å². The first-order valence-electron chi connectivity index (χ1n) is 13.6. The van der Waals surface area contributed by atoms with Crippen LogP contribution in [0.25, 0.3) is 0 Å². The number of azo groups is 2. The number of hydrogen-bond donors (Lipinski definition) is 4. The molecule has 22 nitrogen and oxygen atoms in total. The Morgan fingerprint density at radius 3 is 1.89 bits per heavy atom. The molecule has 0 atom stereocenters. The second-order valence-electron chi connectivity index (χ2n) is 9.75. The van der Waals surface area contributed by atoms with Crippen molar-refractivity contribution in [2.24, 2.45) is 20.5 Å². The molecule has 0 unspecified atom stereocenters. The van der Waals surface area contributed by atoms with Gasteiger partial charge in [0.1, 0.15) is 48.8 Å². The average molecular weight is 915 g/mol. The number of hydrogen-bond acceptors (Lipinski definition) is 23. The van der Waals surface area contributed by atoms with E-state index in [1.165, 1.54) is 18.2 Å². The second kappa shape index (κ2) is 21.8. The van der Waals surface area contributed by atoms with Crippen LogP contribution in [0.3, 0.4) is 0 Å². The summed E-state index contributed by atoms with van der Waals surface area (Å²) in [5.41, 5.74) is 8.71. The molecule has 0 fully saturated rings. The molecular formula is C25H14Cl2F2N13Na3O9S3. The summed E-state index contributed by atoms with van der Waals surface area (Å²) in [4.78, 5) is 15.5. The quantitative estimate of drug-likeness (QED) is 0.0100. The van der Waals surface area contributed by atoms with Crippen molar-refractivity contribution in [3.05, 3.63) is 71.1 Å². The average Bonchev–Trinajstić information content (AvgIpc) is 3.05. The molecular weight excluding hydrogens is 900 g/mol. The summed E-state index contributed by atoms with van der Waals surface area (Å²) >= 11 is 12.0. The zero-order valence-corrected chi connectivity index (χ0v) is 38.7. The minimum Gasteiger partial charge on any atom is -0.744 e. The fraction of sp³-hybridized carbons (Fsp3) is 0. The van der Waals surface area contributed by atoms with Gasteiger partial charge in [-0.15, -0.1) is 20.5 Å². The number of aromatic nitrogens is 5. The Morgan fingerprint density at radius 2 is 1.28 bits per heavy atom. The zero-order chi connectivity index (χ0) is 39.4. The number of nitrogens with two attached hydrogens (primary N) is 2. The van der Waals surface area contributed by atoms with Gasteiger partial charge in [-0.2, -0.15) is 38.0 Å². The molecule has 2 heterocycles. The van der Waals surface area contributed by atoms with Gasteiger partial charge in [0.2, 0.25) is 22.5 Å². The number of nitrogens with one attached hydrogen (secondary N) is 2. The third-order valence-corrected chi connectivity index (χ3v) is 8.97. The van der Waals surface area contributed by atoms with E-state index in [-0.39, 0.29) is 127 Å². The third kappa shape index (κ3) is 13.8. The number of rotatable bonds is 13. The first-order chi connectivity index (χ1) is 25.4. The molecule has 0 aliphatic heterocycles. The molecule has 0 aliphatic carbocycles. The van der Waals surface area contributed by atoms with Gasteiger partial charge in [0.25, 0.3) is 0 Å². The Balaban J connectivity index is 0.00000374. The Hall–Kier alpha value is -2.36. The van der Waals surface area contributed by atoms with Gasteiger partial charge in [0.05, 0.1) is 38.1 Å². The van der Waals surface area contributed by atoms with Crippen LogP contribution in [0.1, 0.15) is 0 Å². The van der Waals surface area contributed by atoms with E-state index in [1.807, 2.05) is 0 Å². The van der Waals surface area contributed by atoms with Crippen LogP contribution in [0.2, 0.25) is 10.6 Å². The number of nitrogens with zero attached hydrogens (tertiary/aromatic N) is 9. The molecule has 0 radical (unpaired) electrons. The SMILES string of the molecule is Nc1c(N=Nc2cc(Nc3cc(F)nc(F)n3)ccc2S(=O)(=O)[O-])cc(S(=O)(=O)[O-])c(N)c1N=Nc1cc(Nc2nc(Cl)nc(Cl)n2)ccc1SOO[O-].[Na+].[Na+].[Na+]. The van der Waals surface area contributed by atoms with E-state index >= 15 is 0 Å². The van der Waals surface area contributed by atoms with Crippen molar-refractivity contribution >= 4 is 113 Å². The van der Waals surface area contributed by atoms with Crippen molar-refractivity contribution in [2.45, 2.75) is 14.7 Å². The summed E-state index contributed by atoms with van der Waals surface area (Å²) in [5.74, 6) is -1.78. The Bertz CT molecular complexity index is 2540. The van der Waals surface area contributed by atoms with Gasteiger partial charge in [0.15, 0.2) is 0 Å². The molecule has 0 bridgehead atoms. The van der Waals surface area contributed by atoms with E-state index in [2.05, 4.69) is 65.4 Å². The normalized spacial score (nSPS) is 11.5. The van der Waals surface area contributed by atoms with Gasteiger partial charge >= 0.3 is 94.8 Å². The molecule has 0 aliphatic rings. The van der Waals surface area contributed by atoms with E-state index in [0.717, 1.165) is 18.2 Å². The summed E-state index contributed by atoms with van der Waals surface area (Å²) in [7, 11) is -10.7. The molecule has 57 heavy (non-hydrogen) atoms. The molecule has 32 heteroatoms. The van der Waals surface area contributed by atoms with Crippen LogP contribution in [0.4, 0.5) is 66.0 Å². The number of halogens is 4. The topological polar surface area (TPSA) is 346 Å². The Morgan fingerprint density at radius 1 is 0.702 bits per heavy atom. The van der Waals surface area contributed by atoms with Gasteiger partial charge < -0.3 is 36.5 Å². The van der Waals surface area contributed by atoms with Crippen LogP contribution in [-0.2, 0) is 29.6 Å². The van der Waals surface area contributed by atoms with Gasteiger partial charge in [-0.3, -0.25) is 5.04 Å². The molecule has 5 aromatic rings. The largest absolute Gasteiger partial charge is 1.00 e. The molecule has 0 saturated carbocycles. The summed E-state index contributed by atoms with van der Waals surface area (Å²) in [6.07, 6.45) is -1.44. The predicted octanol–water partition coefficient (Wildman–Crippen LogP) is -4.22. The Kier molecular flexibility index (Phi) is 19.4. The van der Waals surface area contributed by atoms with Crippen molar-refractivity contribution in [3.63, 3.8) is 0 Å². The molecule has 2 aromatic heterocycles. The molecule has 0 spiro atoms. The van der Waals surface area contributed by atoms with Crippen LogP contribution >= 0.6 is 35.2 Å². The maximum absolute atomic E-state index is 13.6. The maximum atomic E-state index is 13.6. The maximum Gasteiger partial charge on any atom is 1.00 e. The number of anilines is 6. The van der Waals surface area contributed by atoms with Crippen molar-refractivity contribution < 1.29 is 138 Å². The predicted molar refractivity (Wildman–Crippen MR) is 179 cm³/mol. The van der Waals surface area contributed by atoms with Crippen LogP contribution in [0.5, 0.6) is 0 Å². The number of benzene rings is 3. The smallest absolute Gasteiger partial charge is 0.744 e. The fourth-order valence-corrected chi connectivity index (χ4v) is 6.05. The van der Waals surface area contributed by atoms with E-state index in [4.69, 9.17) is 34.7 Å². The van der Waals surface area contributed by atoms with E-state index in [1.54, 1.807) is 0 Å². The zero-order valence-electron chi connectivity index (χ0n) is 28.7. The van der Waals surface area contributed by atoms with Crippen LogP contribution in [-0.4, -0.2) is 50.9 Å². The van der Waals surface area contributed by atoms with Gasteiger partial charge in [0, 0.05) is 17.4 Å². The van der Waals surface area contributed by atoms with Crippen LogP contribution < -0.4 is 116 Å². The minimum atomic E-state index is -5.40. The molecule has 3 aromatic carbocycles. The third-order valence-electron chi connectivity index (χ3n) is 6.23. The minimum absolute atomic E-state index is 0. The monoisotopic (exact) mass is 913 g/mol. The van der Waals surface area contributed by atoms with Crippen molar-refractivity contribution in [3.8, 4) is 0 Å². The van der Waals surface area contributed by atoms with Gasteiger partial charge in [-0.05, 0) is 65.7 Å². The van der Waals surface area contributed by atoms with E-state index in [9.17, 15) is 40.0 Å². The van der Waals surface area contributed by atoms with Crippen LogP contribution in [0, 0.1) is 12.0 Å². The van der Waals surface area contributed by atoms with E-state index in [0.29, 0.717) is 24.2 Å². The van der Waals surface area contributed by atoms with Gasteiger partial charge in [-0.25, -0.2) is 16.8 Å². The fourth-order valence-electron chi connectivity index (χ4n) is 4.06. The van der Waals surface area contributed by atoms with E-state index < -0.39 is 76.3 Å². The standard InChI is InChI=1S/C25H17Cl2F2N13O9S3.3Na/c26-22-36-23(27)38-25(37-22)33-10-1-3-14(52-51-50-43)11(5-10)39-42-21-19(30)13(7-16(20(21)31)54(47,48)49)41-40-12-6-9(2-4-15(12)53(44,45)46)32-18-8-17(28)34-24(29)35-18;;;/h1-8,43H,30-31H2,(H,32,34,35)(H,44,45,46)(H,47,48,49)(H,33,36,37,38);;;/q;3*+1/p-3. The summed E-state index contributed by atoms with van der Waals surface area (Å²) in [6, 6.07) is 8.04. The molecule has 6 N–H and O–H groups in total. The second-order valence-corrected chi connectivity index (χ2v) is 13.9. The van der Waals surface area contributed by atoms with Crippen molar-refractivity contribution in [2.75, 3.05) is 22.1 Å². The molecule has 5 rings (SSSR count). The molecule has 0 saturated heterocycles.